The molecule has 2 aliphatic rings. The molecule has 0 bridgehead atoms. The average Bonchev–Trinajstić information content (AvgIpc) is 3.25. The van der Waals surface area contributed by atoms with Crippen LogP contribution in [0, 0.1) is 11.8 Å². The first-order valence-corrected chi connectivity index (χ1v) is 17.4. The van der Waals surface area contributed by atoms with E-state index in [4.69, 9.17) is 9.47 Å². The molecule has 0 unspecified atom stereocenters. The fourth-order valence-corrected chi connectivity index (χ4v) is 6.42. The molecule has 49 heavy (non-hydrogen) atoms. The zero-order chi connectivity index (χ0) is 35.2. The third-order valence-corrected chi connectivity index (χ3v) is 9.71. The predicted molar refractivity (Wildman–Crippen MR) is 198 cm³/mol. The lowest BCUT2D eigenvalue weighted by molar-refractivity contribution is -0.123. The molecule has 0 radical (unpaired) electrons. The van der Waals surface area contributed by atoms with Gasteiger partial charge in [0.15, 0.2) is 0 Å². The zero-order valence-corrected chi connectivity index (χ0v) is 30.0. The van der Waals surface area contributed by atoms with Crippen LogP contribution in [0.5, 0.6) is 0 Å². The lowest BCUT2D eigenvalue weighted by atomic mass is 9.85. The number of benzene rings is 3. The highest BCUT2D eigenvalue weighted by Gasteiger charge is 2.38. The van der Waals surface area contributed by atoms with Crippen molar-refractivity contribution in [3.63, 3.8) is 0 Å². The maximum absolute atomic E-state index is 13.4. The Morgan fingerprint density at radius 3 is 2.20 bits per heavy atom. The molecule has 0 atom stereocenters. The number of para-hydroxylation sites is 2. The number of fused-ring (bicyclic) bond motifs is 3. The number of amides is 2. The maximum atomic E-state index is 13.4. The highest BCUT2D eigenvalue weighted by molar-refractivity contribution is 5.95. The van der Waals surface area contributed by atoms with E-state index in [0.717, 1.165) is 41.0 Å². The van der Waals surface area contributed by atoms with Crippen molar-refractivity contribution in [2.45, 2.75) is 90.4 Å². The SMILES string of the molecule is C=C1N(CCOC(C)(C)CCOC(C)(C)CCC(=O)NCCC(=O)N2Cc3ccccc3C#Cc3ccccc32)c2ccccc2C1(C)C. The van der Waals surface area contributed by atoms with Gasteiger partial charge in [-0.15, -0.1) is 0 Å². The Hall–Kier alpha value is -4.38. The van der Waals surface area contributed by atoms with Gasteiger partial charge in [-0.05, 0) is 75.9 Å². The number of carbonyl (C=O) groups excluding carboxylic acids is 2. The first-order chi connectivity index (χ1) is 23.3. The molecular formula is C42H51N3O4. The summed E-state index contributed by atoms with van der Waals surface area (Å²) in [5.41, 5.74) is 6.20. The Morgan fingerprint density at radius 1 is 0.816 bits per heavy atom. The Bertz CT molecular complexity index is 1750. The fourth-order valence-electron chi connectivity index (χ4n) is 6.42. The predicted octanol–water partition coefficient (Wildman–Crippen LogP) is 7.51. The molecular weight excluding hydrogens is 610 g/mol. The molecule has 7 heteroatoms. The van der Waals surface area contributed by atoms with E-state index < -0.39 is 5.60 Å². The molecule has 2 amide bonds. The molecule has 2 aliphatic heterocycles. The molecule has 1 N–H and O–H groups in total. The van der Waals surface area contributed by atoms with Gasteiger partial charge in [0.2, 0.25) is 11.8 Å². The molecule has 0 saturated carbocycles. The van der Waals surface area contributed by atoms with Crippen molar-refractivity contribution in [3.05, 3.63) is 107 Å². The number of rotatable bonds is 14. The second kappa shape index (κ2) is 15.0. The van der Waals surface area contributed by atoms with Gasteiger partial charge in [0.05, 0.1) is 36.6 Å². The standard InChI is InChI=1S/C42H51N3O4/c1-31-42(6,7)35-17-11-13-19-37(35)44(31)27-29-49-41(4,5)25-28-48-40(2,3)24-22-38(46)43-26-23-39(47)45-30-34-16-9-8-14-32(34)20-21-33-15-10-12-18-36(33)45/h8-19H,1,22-30H2,2-7H3,(H,43,46). The van der Waals surface area contributed by atoms with Gasteiger partial charge in [-0.3, -0.25) is 9.59 Å². The lowest BCUT2D eigenvalue weighted by Gasteiger charge is -2.31. The van der Waals surface area contributed by atoms with Crippen molar-refractivity contribution in [2.24, 2.45) is 0 Å². The summed E-state index contributed by atoms with van der Waals surface area (Å²) in [6.07, 6.45) is 1.80. The van der Waals surface area contributed by atoms with Crippen LogP contribution in [0.15, 0.2) is 85.1 Å². The van der Waals surface area contributed by atoms with Crippen LogP contribution in [0.1, 0.15) is 89.5 Å². The van der Waals surface area contributed by atoms with E-state index in [0.29, 0.717) is 32.6 Å². The second-order valence-corrected chi connectivity index (χ2v) is 14.7. The van der Waals surface area contributed by atoms with Crippen LogP contribution in [0.3, 0.4) is 0 Å². The van der Waals surface area contributed by atoms with E-state index >= 15 is 0 Å². The molecule has 3 aromatic rings. The minimum atomic E-state index is -0.478. The van der Waals surface area contributed by atoms with Crippen molar-refractivity contribution in [3.8, 4) is 11.8 Å². The van der Waals surface area contributed by atoms with Gasteiger partial charge in [-0.1, -0.05) is 80.8 Å². The summed E-state index contributed by atoms with van der Waals surface area (Å²) in [6.45, 7) is 19.6. The molecule has 0 saturated heterocycles. The Kier molecular flexibility index (Phi) is 11.0. The summed E-state index contributed by atoms with van der Waals surface area (Å²) in [7, 11) is 0. The minimum absolute atomic E-state index is 0.0567. The number of allylic oxidation sites excluding steroid dienone is 1. The third kappa shape index (κ3) is 8.81. The number of ether oxygens (including phenoxy) is 2. The third-order valence-electron chi connectivity index (χ3n) is 9.71. The van der Waals surface area contributed by atoms with E-state index in [1.165, 1.54) is 11.3 Å². The van der Waals surface area contributed by atoms with Crippen molar-refractivity contribution >= 4 is 23.2 Å². The van der Waals surface area contributed by atoms with Gasteiger partial charge in [0.1, 0.15) is 0 Å². The first-order valence-electron chi connectivity index (χ1n) is 17.4. The smallest absolute Gasteiger partial charge is 0.229 e. The van der Waals surface area contributed by atoms with Crippen molar-refractivity contribution in [2.75, 3.05) is 36.1 Å². The first kappa shape index (κ1) is 35.9. The topological polar surface area (TPSA) is 71.1 Å². The normalized spacial score (nSPS) is 14.9. The van der Waals surface area contributed by atoms with Crippen LogP contribution >= 0.6 is 0 Å². The Balaban J connectivity index is 1.02. The Labute approximate surface area is 292 Å². The molecule has 7 nitrogen and oxygen atoms in total. The number of nitrogens with one attached hydrogen (secondary N) is 1. The van der Waals surface area contributed by atoms with Gasteiger partial charge in [0.25, 0.3) is 0 Å². The lowest BCUT2D eigenvalue weighted by Crippen LogP contribution is -2.36. The van der Waals surface area contributed by atoms with Gasteiger partial charge >= 0.3 is 0 Å². The molecule has 0 aromatic heterocycles. The van der Waals surface area contributed by atoms with Crippen LogP contribution in [0.2, 0.25) is 0 Å². The van der Waals surface area contributed by atoms with E-state index in [9.17, 15) is 9.59 Å². The quantitative estimate of drug-likeness (QED) is 0.181. The van der Waals surface area contributed by atoms with Crippen molar-refractivity contribution in [1.29, 1.82) is 0 Å². The van der Waals surface area contributed by atoms with Crippen molar-refractivity contribution in [1.82, 2.24) is 5.32 Å². The van der Waals surface area contributed by atoms with Crippen LogP contribution in [-0.2, 0) is 31.0 Å². The van der Waals surface area contributed by atoms with E-state index in [1.54, 1.807) is 4.90 Å². The summed E-state index contributed by atoms with van der Waals surface area (Å²) < 4.78 is 12.6. The molecule has 5 rings (SSSR count). The molecule has 258 valence electrons. The molecule has 0 fully saturated rings. The van der Waals surface area contributed by atoms with Gasteiger partial charge in [-0.2, -0.15) is 0 Å². The van der Waals surface area contributed by atoms with Crippen LogP contribution < -0.4 is 15.1 Å². The Morgan fingerprint density at radius 2 is 1.43 bits per heavy atom. The van der Waals surface area contributed by atoms with Crippen LogP contribution in [0.4, 0.5) is 11.4 Å². The molecule has 0 aliphatic carbocycles. The van der Waals surface area contributed by atoms with Gasteiger partial charge in [-0.25, -0.2) is 0 Å². The van der Waals surface area contributed by atoms with Crippen LogP contribution in [0.25, 0.3) is 0 Å². The summed E-state index contributed by atoms with van der Waals surface area (Å²) >= 11 is 0. The number of anilines is 2. The maximum Gasteiger partial charge on any atom is 0.229 e. The van der Waals surface area contributed by atoms with E-state index in [1.807, 2.05) is 62.4 Å². The monoisotopic (exact) mass is 661 g/mol. The molecule has 0 spiro atoms. The zero-order valence-electron chi connectivity index (χ0n) is 30.0. The minimum Gasteiger partial charge on any atom is -0.375 e. The highest BCUT2D eigenvalue weighted by atomic mass is 16.5. The number of carbonyl (C=O) groups is 2. The van der Waals surface area contributed by atoms with Crippen LogP contribution in [-0.4, -0.2) is 49.3 Å². The van der Waals surface area contributed by atoms with Gasteiger partial charge in [0, 0.05) is 53.9 Å². The fraction of sp³-hybridized carbons (Fsp3) is 0.429. The average molecular weight is 662 g/mol. The molecule has 2 heterocycles. The summed E-state index contributed by atoms with van der Waals surface area (Å²) in [5.74, 6) is 6.32. The van der Waals surface area contributed by atoms with E-state index in [2.05, 4.69) is 80.6 Å². The van der Waals surface area contributed by atoms with E-state index in [-0.39, 0.29) is 35.8 Å². The summed E-state index contributed by atoms with van der Waals surface area (Å²) in [4.78, 5) is 30.3. The second-order valence-electron chi connectivity index (χ2n) is 14.7. The molecule has 3 aromatic carbocycles. The number of hydrogen-bond donors (Lipinski definition) is 1. The largest absolute Gasteiger partial charge is 0.375 e. The number of hydrogen-bond acceptors (Lipinski definition) is 5. The summed E-state index contributed by atoms with van der Waals surface area (Å²) in [6, 6.07) is 24.1. The van der Waals surface area contributed by atoms with Gasteiger partial charge < -0.3 is 24.6 Å². The summed E-state index contributed by atoms with van der Waals surface area (Å²) in [5, 5.41) is 2.94. The number of nitrogens with zero attached hydrogens (tertiary/aromatic N) is 2. The van der Waals surface area contributed by atoms with Crippen molar-refractivity contribution < 1.29 is 19.1 Å². The highest BCUT2D eigenvalue weighted by Crippen LogP contribution is 2.46.